The maximum atomic E-state index is 13.1. The molecule has 2 saturated heterocycles. The molecule has 0 bridgehead atoms. The monoisotopic (exact) mass is 377 g/mol. The molecule has 2 fully saturated rings. The van der Waals surface area contributed by atoms with Crippen LogP contribution in [0.4, 0.5) is 11.6 Å². The minimum Gasteiger partial charge on any atom is -0.336 e. The van der Waals surface area contributed by atoms with Gasteiger partial charge >= 0.3 is 0 Å². The Balaban J connectivity index is 1.49. The fourth-order valence-electron chi connectivity index (χ4n) is 3.95. The summed E-state index contributed by atoms with van der Waals surface area (Å²) >= 11 is 0. The fourth-order valence-corrected chi connectivity index (χ4v) is 3.95. The number of carbonyl (C=O) groups is 1. The number of aromatic nitrogens is 2. The van der Waals surface area contributed by atoms with Crippen LogP contribution in [0.2, 0.25) is 0 Å². The molecule has 3 heterocycles. The number of aryl methyl sites for hydroxylation is 2. The lowest BCUT2D eigenvalue weighted by Gasteiger charge is -2.43. The molecular formula is C20H23N7O. The minimum absolute atomic E-state index is 0.0103. The van der Waals surface area contributed by atoms with Gasteiger partial charge in [-0.2, -0.15) is 5.10 Å². The number of hydrogen-bond donors (Lipinski definition) is 2. The number of hydrazone groups is 1. The van der Waals surface area contributed by atoms with E-state index in [2.05, 4.69) is 25.4 Å². The van der Waals surface area contributed by atoms with Crippen molar-refractivity contribution in [3.63, 3.8) is 0 Å². The van der Waals surface area contributed by atoms with Gasteiger partial charge < -0.3 is 15.2 Å². The van der Waals surface area contributed by atoms with Gasteiger partial charge in [-0.25, -0.2) is 9.97 Å². The first-order valence-corrected chi connectivity index (χ1v) is 9.32. The molecule has 2 aliphatic heterocycles. The first-order chi connectivity index (χ1) is 13.6. The molecular weight excluding hydrogens is 354 g/mol. The zero-order chi connectivity index (χ0) is 19.7. The van der Waals surface area contributed by atoms with E-state index in [-0.39, 0.29) is 11.9 Å². The van der Waals surface area contributed by atoms with Crippen LogP contribution in [0.3, 0.4) is 0 Å². The molecule has 2 unspecified atom stereocenters. The maximum Gasteiger partial charge on any atom is 0.256 e. The second-order valence-corrected chi connectivity index (χ2v) is 7.24. The number of carbonyl (C=O) groups excluding carboxylic acids is 1. The first-order valence-electron chi connectivity index (χ1n) is 9.32. The van der Waals surface area contributed by atoms with Crippen LogP contribution in [-0.2, 0) is 0 Å². The van der Waals surface area contributed by atoms with Gasteiger partial charge in [-0.05, 0) is 32.0 Å². The van der Waals surface area contributed by atoms with E-state index in [4.69, 9.17) is 5.41 Å². The van der Waals surface area contributed by atoms with Crippen LogP contribution in [0.1, 0.15) is 21.7 Å². The third-order valence-corrected chi connectivity index (χ3v) is 5.24. The summed E-state index contributed by atoms with van der Waals surface area (Å²) in [5.74, 6) is 1.20. The summed E-state index contributed by atoms with van der Waals surface area (Å²) < 4.78 is 0. The van der Waals surface area contributed by atoms with E-state index in [0.29, 0.717) is 23.7 Å². The van der Waals surface area contributed by atoms with Crippen LogP contribution in [0.5, 0.6) is 0 Å². The summed E-state index contributed by atoms with van der Waals surface area (Å²) in [5.41, 5.74) is 5.99. The highest BCUT2D eigenvalue weighted by Crippen LogP contribution is 2.36. The Morgan fingerprint density at radius 1 is 1.21 bits per heavy atom. The van der Waals surface area contributed by atoms with Crippen molar-refractivity contribution in [1.29, 1.82) is 5.41 Å². The molecule has 8 heteroatoms. The smallest absolute Gasteiger partial charge is 0.256 e. The van der Waals surface area contributed by atoms with E-state index < -0.39 is 0 Å². The number of anilines is 2. The van der Waals surface area contributed by atoms with Crippen molar-refractivity contribution in [2.24, 2.45) is 11.0 Å². The Hall–Kier alpha value is -3.29. The number of likely N-dealkylation sites (tertiary alicyclic amines) is 1. The Labute approximate surface area is 163 Å². The van der Waals surface area contributed by atoms with E-state index in [1.54, 1.807) is 6.07 Å². The van der Waals surface area contributed by atoms with Crippen molar-refractivity contribution in [2.45, 2.75) is 19.9 Å². The molecule has 0 spiro atoms. The number of fused-ring (bicyclic) bond motifs is 1. The molecule has 0 radical (unpaired) electrons. The summed E-state index contributed by atoms with van der Waals surface area (Å²) in [6, 6.07) is 9.55. The molecule has 8 nitrogen and oxygen atoms in total. The molecule has 0 aliphatic carbocycles. The Kier molecular flexibility index (Phi) is 4.77. The molecule has 1 aromatic heterocycles. The van der Waals surface area contributed by atoms with Crippen LogP contribution in [0, 0.1) is 25.2 Å². The SMILES string of the molecule is Cc1cc(C)nc(N2CC3CN(C(=O)c4ccccc4N/N=C\C=N)CC32)n1. The third-order valence-electron chi connectivity index (χ3n) is 5.24. The number of benzene rings is 1. The lowest BCUT2D eigenvalue weighted by Crippen LogP contribution is -2.56. The number of para-hydroxylation sites is 1. The lowest BCUT2D eigenvalue weighted by molar-refractivity contribution is 0.0790. The highest BCUT2D eigenvalue weighted by Gasteiger charge is 2.48. The number of nitrogens with one attached hydrogen (secondary N) is 2. The average Bonchev–Trinajstić information content (AvgIpc) is 2.98. The lowest BCUT2D eigenvalue weighted by atomic mass is 9.92. The molecule has 1 amide bonds. The van der Waals surface area contributed by atoms with Gasteiger partial charge in [0.15, 0.2) is 0 Å². The predicted molar refractivity (Wildman–Crippen MR) is 109 cm³/mol. The maximum absolute atomic E-state index is 13.1. The van der Waals surface area contributed by atoms with Crippen LogP contribution < -0.4 is 10.3 Å². The largest absolute Gasteiger partial charge is 0.336 e. The van der Waals surface area contributed by atoms with E-state index in [1.165, 1.54) is 6.21 Å². The van der Waals surface area contributed by atoms with Gasteiger partial charge in [0, 0.05) is 43.2 Å². The van der Waals surface area contributed by atoms with E-state index in [9.17, 15) is 4.79 Å². The molecule has 2 aromatic rings. The molecule has 2 N–H and O–H groups in total. The number of amides is 1. The van der Waals surface area contributed by atoms with Gasteiger partial charge in [0.05, 0.1) is 23.5 Å². The summed E-state index contributed by atoms with van der Waals surface area (Å²) in [5, 5.41) is 10.9. The molecule has 2 atom stereocenters. The zero-order valence-corrected chi connectivity index (χ0v) is 16.0. The quantitative estimate of drug-likeness (QED) is 0.614. The summed E-state index contributed by atoms with van der Waals surface area (Å²) in [7, 11) is 0. The van der Waals surface area contributed by atoms with Gasteiger partial charge in [0.2, 0.25) is 5.95 Å². The van der Waals surface area contributed by atoms with Crippen molar-refractivity contribution in [3.05, 3.63) is 47.3 Å². The van der Waals surface area contributed by atoms with Gasteiger partial charge in [0.1, 0.15) is 0 Å². The second kappa shape index (κ2) is 7.38. The number of rotatable bonds is 5. The van der Waals surface area contributed by atoms with E-state index in [1.807, 2.05) is 43.0 Å². The van der Waals surface area contributed by atoms with Gasteiger partial charge in [-0.3, -0.25) is 10.2 Å². The number of hydrogen-bond acceptors (Lipinski definition) is 7. The molecule has 144 valence electrons. The predicted octanol–water partition coefficient (Wildman–Crippen LogP) is 2.10. The first kappa shape index (κ1) is 18.1. The highest BCUT2D eigenvalue weighted by molar-refractivity contribution is 6.14. The third kappa shape index (κ3) is 3.33. The molecule has 28 heavy (non-hydrogen) atoms. The second-order valence-electron chi connectivity index (χ2n) is 7.24. The average molecular weight is 377 g/mol. The van der Waals surface area contributed by atoms with E-state index >= 15 is 0 Å². The van der Waals surface area contributed by atoms with Gasteiger partial charge in [-0.15, -0.1) is 0 Å². The summed E-state index contributed by atoms with van der Waals surface area (Å²) in [4.78, 5) is 26.4. The molecule has 1 aromatic carbocycles. The van der Waals surface area contributed by atoms with Gasteiger partial charge in [0.25, 0.3) is 5.91 Å². The molecule has 0 saturated carbocycles. The Bertz CT molecular complexity index is 922. The van der Waals surface area contributed by atoms with Crippen LogP contribution in [0.15, 0.2) is 35.4 Å². The minimum atomic E-state index is -0.0103. The van der Waals surface area contributed by atoms with Crippen molar-refractivity contribution in [1.82, 2.24) is 14.9 Å². The highest BCUT2D eigenvalue weighted by atomic mass is 16.2. The van der Waals surface area contributed by atoms with Crippen molar-refractivity contribution < 1.29 is 4.79 Å². The van der Waals surface area contributed by atoms with E-state index in [0.717, 1.165) is 36.6 Å². The van der Waals surface area contributed by atoms with Crippen LogP contribution in [0.25, 0.3) is 0 Å². The Morgan fingerprint density at radius 3 is 2.71 bits per heavy atom. The fraction of sp³-hybridized carbons (Fsp3) is 0.350. The van der Waals surface area contributed by atoms with Crippen LogP contribution >= 0.6 is 0 Å². The normalized spacial score (nSPS) is 20.8. The molecule has 2 aliphatic rings. The van der Waals surface area contributed by atoms with Crippen molar-refractivity contribution in [2.75, 3.05) is 30.0 Å². The Morgan fingerprint density at radius 2 is 1.96 bits per heavy atom. The van der Waals surface area contributed by atoms with Gasteiger partial charge in [-0.1, -0.05) is 12.1 Å². The van der Waals surface area contributed by atoms with Crippen molar-refractivity contribution in [3.8, 4) is 0 Å². The number of nitrogens with zero attached hydrogens (tertiary/aromatic N) is 5. The zero-order valence-electron chi connectivity index (χ0n) is 16.0. The topological polar surface area (TPSA) is 97.6 Å². The summed E-state index contributed by atoms with van der Waals surface area (Å²) in [6.07, 6.45) is 2.41. The van der Waals surface area contributed by atoms with Crippen molar-refractivity contribution >= 4 is 30.0 Å². The van der Waals surface area contributed by atoms with Crippen LogP contribution in [-0.4, -0.2) is 58.9 Å². The summed E-state index contributed by atoms with van der Waals surface area (Å²) in [6.45, 7) is 6.23. The standard InChI is InChI=1S/C20H23N7O/c1-13-9-14(2)24-20(23-13)27-11-15-10-26(12-18(15)27)19(28)16-5-3-4-6-17(16)25-22-8-7-21/h3-9,15,18,21,25H,10-12H2,1-2H3/b21-7?,22-8-. The molecule has 4 rings (SSSR count).